The van der Waals surface area contributed by atoms with Gasteiger partial charge in [-0.15, -0.1) is 10.2 Å². The summed E-state index contributed by atoms with van der Waals surface area (Å²) in [5.41, 5.74) is 1.11. The Labute approximate surface area is 111 Å². The van der Waals surface area contributed by atoms with E-state index < -0.39 is 0 Å². The van der Waals surface area contributed by atoms with Gasteiger partial charge in [-0.25, -0.2) is 0 Å². The van der Waals surface area contributed by atoms with E-state index in [1.54, 1.807) is 4.80 Å². The maximum atomic E-state index is 5.70. The average molecular weight is 259 g/mol. The van der Waals surface area contributed by atoms with Gasteiger partial charge in [0.1, 0.15) is 5.75 Å². The van der Waals surface area contributed by atoms with Gasteiger partial charge in [0.25, 0.3) is 0 Å². The predicted octanol–water partition coefficient (Wildman–Crippen LogP) is 1.09. The maximum Gasteiger partial charge on any atom is 0.212 e. The molecule has 1 atom stereocenters. The molecule has 2 aromatic rings. The quantitative estimate of drug-likeness (QED) is 0.890. The van der Waals surface area contributed by atoms with Crippen molar-refractivity contribution in [1.29, 1.82) is 0 Å². The number of nitrogens with zero attached hydrogens (tertiary/aromatic N) is 4. The van der Waals surface area contributed by atoms with Crippen molar-refractivity contribution in [3.8, 4) is 5.75 Å². The fraction of sp³-hybridized carbons (Fsp3) is 0.462. The Balaban J connectivity index is 1.63. The van der Waals surface area contributed by atoms with Gasteiger partial charge in [-0.05, 0) is 36.7 Å². The molecule has 3 rings (SSSR count). The van der Waals surface area contributed by atoms with Gasteiger partial charge in [0.15, 0.2) is 6.61 Å². The molecule has 1 saturated heterocycles. The summed E-state index contributed by atoms with van der Waals surface area (Å²) in [6, 6.07) is 8.23. The molecule has 0 bridgehead atoms. The molecule has 0 aliphatic carbocycles. The zero-order valence-electron chi connectivity index (χ0n) is 10.9. The second kappa shape index (κ2) is 5.36. The van der Waals surface area contributed by atoms with Gasteiger partial charge in [-0.1, -0.05) is 18.2 Å². The molecule has 6 heteroatoms. The first-order chi connectivity index (χ1) is 9.33. The summed E-state index contributed by atoms with van der Waals surface area (Å²) >= 11 is 0. The maximum absolute atomic E-state index is 5.70. The van der Waals surface area contributed by atoms with E-state index in [4.69, 9.17) is 4.74 Å². The highest BCUT2D eigenvalue weighted by Gasteiger charge is 2.19. The summed E-state index contributed by atoms with van der Waals surface area (Å²) in [5, 5.41) is 15.8. The molecular weight excluding hydrogens is 242 g/mol. The largest absolute Gasteiger partial charge is 0.485 e. The third kappa shape index (κ3) is 2.73. The molecule has 0 radical (unpaired) electrons. The molecule has 6 nitrogen and oxygen atoms in total. The van der Waals surface area contributed by atoms with Crippen LogP contribution in [0.15, 0.2) is 24.3 Å². The molecule has 1 aromatic heterocycles. The fourth-order valence-electron chi connectivity index (χ4n) is 2.17. The van der Waals surface area contributed by atoms with Crippen LogP contribution in [0, 0.1) is 6.92 Å². The van der Waals surface area contributed by atoms with E-state index in [0.717, 1.165) is 30.8 Å². The van der Waals surface area contributed by atoms with Gasteiger partial charge < -0.3 is 10.1 Å². The molecule has 100 valence electrons. The highest BCUT2D eigenvalue weighted by atomic mass is 16.5. The molecule has 1 unspecified atom stereocenters. The minimum Gasteiger partial charge on any atom is -0.485 e. The van der Waals surface area contributed by atoms with Crippen molar-refractivity contribution in [3.05, 3.63) is 35.7 Å². The van der Waals surface area contributed by atoms with E-state index >= 15 is 0 Å². The minimum atomic E-state index is 0.319. The van der Waals surface area contributed by atoms with Gasteiger partial charge in [0.05, 0.1) is 6.04 Å². The lowest BCUT2D eigenvalue weighted by Crippen LogP contribution is -2.16. The Bertz CT molecular complexity index is 547. The molecular formula is C13H17N5O. The standard InChI is InChI=1S/C13H17N5O/c1-10-4-2-3-5-12(10)19-9-13-15-17-18(16-13)11-6-7-14-8-11/h2-5,11,14H,6-9H2,1H3. The van der Waals surface area contributed by atoms with E-state index in [0.29, 0.717) is 18.5 Å². The van der Waals surface area contributed by atoms with E-state index in [9.17, 15) is 0 Å². The number of ether oxygens (including phenoxy) is 1. The van der Waals surface area contributed by atoms with Gasteiger partial charge in [0.2, 0.25) is 5.82 Å². The van der Waals surface area contributed by atoms with Crippen molar-refractivity contribution in [3.63, 3.8) is 0 Å². The number of rotatable bonds is 4. The van der Waals surface area contributed by atoms with Crippen molar-refractivity contribution < 1.29 is 4.74 Å². The monoisotopic (exact) mass is 259 g/mol. The van der Waals surface area contributed by atoms with E-state index in [-0.39, 0.29) is 0 Å². The molecule has 0 amide bonds. The lowest BCUT2D eigenvalue weighted by Gasteiger charge is -2.06. The van der Waals surface area contributed by atoms with Crippen LogP contribution in [-0.2, 0) is 6.61 Å². The first-order valence-corrected chi connectivity index (χ1v) is 6.50. The average Bonchev–Trinajstić information content (AvgIpc) is 3.09. The number of hydrogen-bond donors (Lipinski definition) is 1. The molecule has 0 spiro atoms. The number of para-hydroxylation sites is 1. The van der Waals surface area contributed by atoms with Crippen molar-refractivity contribution in [1.82, 2.24) is 25.5 Å². The molecule has 19 heavy (non-hydrogen) atoms. The SMILES string of the molecule is Cc1ccccc1OCc1nnn(C2CCNC2)n1. The summed E-state index contributed by atoms with van der Waals surface area (Å²) in [5.74, 6) is 1.48. The van der Waals surface area contributed by atoms with Crippen LogP contribution in [0.25, 0.3) is 0 Å². The molecule has 0 saturated carbocycles. The Morgan fingerprint density at radius 2 is 2.32 bits per heavy atom. The van der Waals surface area contributed by atoms with Crippen molar-refractivity contribution in [2.24, 2.45) is 0 Å². The smallest absolute Gasteiger partial charge is 0.212 e. The Kier molecular flexibility index (Phi) is 3.41. The number of tetrazole rings is 1. The molecule has 1 aliphatic heterocycles. The summed E-state index contributed by atoms with van der Waals surface area (Å²) in [4.78, 5) is 1.69. The topological polar surface area (TPSA) is 64.9 Å². The Morgan fingerprint density at radius 1 is 1.42 bits per heavy atom. The van der Waals surface area contributed by atoms with Crippen molar-refractivity contribution >= 4 is 0 Å². The van der Waals surface area contributed by atoms with Crippen LogP contribution in [-0.4, -0.2) is 33.3 Å². The van der Waals surface area contributed by atoms with Gasteiger partial charge in [-0.2, -0.15) is 4.80 Å². The number of aryl methyl sites for hydroxylation is 1. The number of aromatic nitrogens is 4. The second-order valence-corrected chi connectivity index (χ2v) is 4.73. The molecule has 2 heterocycles. The van der Waals surface area contributed by atoms with Crippen LogP contribution >= 0.6 is 0 Å². The van der Waals surface area contributed by atoms with E-state index in [1.165, 1.54) is 0 Å². The summed E-state index contributed by atoms with van der Waals surface area (Å²) in [6.07, 6.45) is 1.05. The summed E-state index contributed by atoms with van der Waals surface area (Å²) in [7, 11) is 0. The lowest BCUT2D eigenvalue weighted by atomic mass is 10.2. The van der Waals surface area contributed by atoms with E-state index in [1.807, 2.05) is 31.2 Å². The first-order valence-electron chi connectivity index (χ1n) is 6.50. The summed E-state index contributed by atoms with van der Waals surface area (Å²) in [6.45, 7) is 4.30. The normalized spacial score (nSPS) is 18.7. The predicted molar refractivity (Wildman–Crippen MR) is 69.9 cm³/mol. The minimum absolute atomic E-state index is 0.319. The van der Waals surface area contributed by atoms with Crippen LogP contribution in [0.5, 0.6) is 5.75 Å². The van der Waals surface area contributed by atoms with Crippen LogP contribution in [0.2, 0.25) is 0 Å². The fourth-order valence-corrected chi connectivity index (χ4v) is 2.17. The first kappa shape index (κ1) is 12.1. The van der Waals surface area contributed by atoms with Crippen LogP contribution in [0.3, 0.4) is 0 Å². The van der Waals surface area contributed by atoms with Crippen LogP contribution in [0.4, 0.5) is 0 Å². The summed E-state index contributed by atoms with van der Waals surface area (Å²) < 4.78 is 5.70. The third-order valence-corrected chi connectivity index (χ3v) is 3.28. The van der Waals surface area contributed by atoms with Crippen LogP contribution in [0.1, 0.15) is 23.9 Å². The highest BCUT2D eigenvalue weighted by molar-refractivity contribution is 5.31. The van der Waals surface area contributed by atoms with Gasteiger partial charge >= 0.3 is 0 Å². The van der Waals surface area contributed by atoms with Crippen molar-refractivity contribution in [2.45, 2.75) is 26.0 Å². The zero-order valence-corrected chi connectivity index (χ0v) is 10.9. The van der Waals surface area contributed by atoms with E-state index in [2.05, 4.69) is 20.7 Å². The van der Waals surface area contributed by atoms with Gasteiger partial charge in [-0.3, -0.25) is 0 Å². The highest BCUT2D eigenvalue weighted by Crippen LogP contribution is 2.17. The van der Waals surface area contributed by atoms with Crippen molar-refractivity contribution in [2.75, 3.05) is 13.1 Å². The zero-order chi connectivity index (χ0) is 13.1. The number of benzene rings is 1. The number of hydrogen-bond acceptors (Lipinski definition) is 5. The molecule has 1 N–H and O–H groups in total. The van der Waals surface area contributed by atoms with Crippen LogP contribution < -0.4 is 10.1 Å². The third-order valence-electron chi connectivity index (χ3n) is 3.28. The lowest BCUT2D eigenvalue weighted by molar-refractivity contribution is 0.292. The molecule has 1 fully saturated rings. The van der Waals surface area contributed by atoms with Gasteiger partial charge in [0, 0.05) is 6.54 Å². The Hall–Kier alpha value is -1.95. The molecule has 1 aliphatic rings. The second-order valence-electron chi connectivity index (χ2n) is 4.73. The Morgan fingerprint density at radius 3 is 3.11 bits per heavy atom. The number of nitrogens with one attached hydrogen (secondary N) is 1. The molecule has 1 aromatic carbocycles.